The van der Waals surface area contributed by atoms with E-state index >= 15 is 0 Å². The molecule has 12 heavy (non-hydrogen) atoms. The largest absolute Gasteiger partial charge is 0.501 e. The Hall–Kier alpha value is -0.500. The van der Waals surface area contributed by atoms with Crippen LogP contribution in [0.2, 0.25) is 0 Å². The average molecular weight is 169 g/mol. The molecule has 0 aromatic heterocycles. The normalized spacial score (nSPS) is 23.0. The summed E-state index contributed by atoms with van der Waals surface area (Å²) >= 11 is 0. The fourth-order valence-corrected chi connectivity index (χ4v) is 1.58. The van der Waals surface area contributed by atoms with Crippen molar-refractivity contribution >= 4 is 0 Å². The molecule has 0 radical (unpaired) electrons. The fourth-order valence-electron chi connectivity index (χ4n) is 1.58. The average Bonchev–Trinajstić information content (AvgIpc) is 2.48. The van der Waals surface area contributed by atoms with Crippen molar-refractivity contribution < 1.29 is 4.74 Å². The van der Waals surface area contributed by atoms with E-state index in [-0.39, 0.29) is 0 Å². The highest BCUT2D eigenvalue weighted by Crippen LogP contribution is 2.26. The standard InChI is InChI=1S/C10H19NO/c1-11(2)7-6-9-4-5-10(8-9)12-3/h8-9H,4-7H2,1-3H3/t9-/m0/s1. The van der Waals surface area contributed by atoms with Crippen LogP contribution in [0, 0.1) is 5.92 Å². The molecule has 0 unspecified atom stereocenters. The van der Waals surface area contributed by atoms with Crippen LogP contribution in [0.1, 0.15) is 19.3 Å². The van der Waals surface area contributed by atoms with E-state index < -0.39 is 0 Å². The van der Waals surface area contributed by atoms with Crippen LogP contribution in [-0.4, -0.2) is 32.6 Å². The highest BCUT2D eigenvalue weighted by atomic mass is 16.5. The zero-order valence-corrected chi connectivity index (χ0v) is 8.34. The van der Waals surface area contributed by atoms with Gasteiger partial charge in [-0.15, -0.1) is 0 Å². The van der Waals surface area contributed by atoms with Crippen LogP contribution in [0.5, 0.6) is 0 Å². The third-order valence-corrected chi connectivity index (χ3v) is 2.39. The molecule has 70 valence electrons. The lowest BCUT2D eigenvalue weighted by molar-refractivity contribution is 0.282. The number of methoxy groups -OCH3 is 1. The summed E-state index contributed by atoms with van der Waals surface area (Å²) in [5.74, 6) is 1.93. The molecule has 0 saturated heterocycles. The highest BCUT2D eigenvalue weighted by molar-refractivity contribution is 5.04. The quantitative estimate of drug-likeness (QED) is 0.637. The van der Waals surface area contributed by atoms with Crippen LogP contribution in [0.3, 0.4) is 0 Å². The van der Waals surface area contributed by atoms with Gasteiger partial charge in [-0.25, -0.2) is 0 Å². The number of hydrogen-bond acceptors (Lipinski definition) is 2. The third kappa shape index (κ3) is 2.86. The van der Waals surface area contributed by atoms with Crippen LogP contribution in [0.4, 0.5) is 0 Å². The Bertz CT molecular complexity index is 163. The Morgan fingerprint density at radius 2 is 2.33 bits per heavy atom. The van der Waals surface area contributed by atoms with E-state index in [0.717, 1.165) is 12.3 Å². The molecule has 1 aliphatic carbocycles. The summed E-state index contributed by atoms with van der Waals surface area (Å²) in [6.07, 6.45) is 5.95. The fraction of sp³-hybridized carbons (Fsp3) is 0.800. The lowest BCUT2D eigenvalue weighted by atomic mass is 10.1. The van der Waals surface area contributed by atoms with Crippen molar-refractivity contribution in [2.24, 2.45) is 5.92 Å². The van der Waals surface area contributed by atoms with E-state index in [1.165, 1.54) is 25.1 Å². The van der Waals surface area contributed by atoms with E-state index in [2.05, 4.69) is 25.1 Å². The molecule has 2 heteroatoms. The van der Waals surface area contributed by atoms with Crippen LogP contribution >= 0.6 is 0 Å². The number of allylic oxidation sites excluding steroid dienone is 2. The van der Waals surface area contributed by atoms with Crippen molar-refractivity contribution in [3.05, 3.63) is 11.8 Å². The summed E-state index contributed by atoms with van der Waals surface area (Å²) in [6.45, 7) is 1.18. The summed E-state index contributed by atoms with van der Waals surface area (Å²) in [5.41, 5.74) is 0. The van der Waals surface area contributed by atoms with Gasteiger partial charge in [-0.05, 0) is 45.5 Å². The summed E-state index contributed by atoms with van der Waals surface area (Å²) in [7, 11) is 6.01. The highest BCUT2D eigenvalue weighted by Gasteiger charge is 2.15. The molecule has 1 rings (SSSR count). The van der Waals surface area contributed by atoms with Gasteiger partial charge in [-0.3, -0.25) is 0 Å². The molecule has 0 fully saturated rings. The molecule has 0 bridgehead atoms. The summed E-state index contributed by atoms with van der Waals surface area (Å²) in [4.78, 5) is 2.23. The van der Waals surface area contributed by atoms with Gasteiger partial charge in [0.05, 0.1) is 12.9 Å². The van der Waals surface area contributed by atoms with E-state index in [4.69, 9.17) is 4.74 Å². The molecular formula is C10H19NO. The van der Waals surface area contributed by atoms with Crippen molar-refractivity contribution in [3.8, 4) is 0 Å². The molecule has 1 atom stereocenters. The molecule has 0 aromatic rings. The van der Waals surface area contributed by atoms with Gasteiger partial charge >= 0.3 is 0 Å². The maximum absolute atomic E-state index is 5.20. The minimum atomic E-state index is 0.752. The smallest absolute Gasteiger partial charge is 0.0918 e. The Morgan fingerprint density at radius 1 is 1.58 bits per heavy atom. The molecular weight excluding hydrogens is 150 g/mol. The number of ether oxygens (including phenoxy) is 1. The van der Waals surface area contributed by atoms with Crippen molar-refractivity contribution in [3.63, 3.8) is 0 Å². The Balaban J connectivity index is 2.22. The second-order valence-corrected chi connectivity index (χ2v) is 3.73. The Labute approximate surface area is 75.2 Å². The molecule has 0 N–H and O–H groups in total. The van der Waals surface area contributed by atoms with Crippen LogP contribution in [0.25, 0.3) is 0 Å². The second kappa shape index (κ2) is 4.51. The van der Waals surface area contributed by atoms with Gasteiger partial charge in [-0.2, -0.15) is 0 Å². The van der Waals surface area contributed by atoms with Crippen molar-refractivity contribution in [1.82, 2.24) is 4.90 Å². The van der Waals surface area contributed by atoms with Crippen molar-refractivity contribution in [2.45, 2.75) is 19.3 Å². The van der Waals surface area contributed by atoms with Crippen LogP contribution in [0.15, 0.2) is 11.8 Å². The monoisotopic (exact) mass is 169 g/mol. The van der Waals surface area contributed by atoms with Gasteiger partial charge in [0.15, 0.2) is 0 Å². The molecule has 0 spiro atoms. The van der Waals surface area contributed by atoms with Gasteiger partial charge in [0.25, 0.3) is 0 Å². The first-order chi connectivity index (χ1) is 5.72. The number of hydrogen-bond donors (Lipinski definition) is 0. The predicted octanol–water partition coefficient (Wildman–Crippen LogP) is 1.88. The topological polar surface area (TPSA) is 12.5 Å². The maximum Gasteiger partial charge on any atom is 0.0918 e. The summed E-state index contributed by atoms with van der Waals surface area (Å²) in [6, 6.07) is 0. The molecule has 0 heterocycles. The Morgan fingerprint density at radius 3 is 2.83 bits per heavy atom. The first-order valence-electron chi connectivity index (χ1n) is 4.62. The van der Waals surface area contributed by atoms with Crippen molar-refractivity contribution in [1.29, 1.82) is 0 Å². The van der Waals surface area contributed by atoms with Crippen LogP contribution < -0.4 is 0 Å². The SMILES string of the molecule is COC1=C[C@H](CCN(C)C)CC1. The second-order valence-electron chi connectivity index (χ2n) is 3.73. The van der Waals surface area contributed by atoms with E-state index in [1.807, 2.05) is 0 Å². The minimum Gasteiger partial charge on any atom is -0.501 e. The van der Waals surface area contributed by atoms with Gasteiger partial charge in [0, 0.05) is 6.42 Å². The number of rotatable bonds is 4. The molecule has 2 nitrogen and oxygen atoms in total. The Kier molecular flexibility index (Phi) is 3.60. The van der Waals surface area contributed by atoms with Gasteiger partial charge in [0.2, 0.25) is 0 Å². The van der Waals surface area contributed by atoms with Crippen LogP contribution in [-0.2, 0) is 4.74 Å². The third-order valence-electron chi connectivity index (χ3n) is 2.39. The first kappa shape index (κ1) is 9.59. The lowest BCUT2D eigenvalue weighted by Gasteiger charge is -2.11. The molecule has 1 aliphatic rings. The van der Waals surface area contributed by atoms with Crippen molar-refractivity contribution in [2.75, 3.05) is 27.7 Å². The summed E-state index contributed by atoms with van der Waals surface area (Å²) < 4.78 is 5.20. The van der Waals surface area contributed by atoms with E-state index in [1.54, 1.807) is 7.11 Å². The first-order valence-corrected chi connectivity index (χ1v) is 4.62. The van der Waals surface area contributed by atoms with E-state index in [9.17, 15) is 0 Å². The molecule has 0 amide bonds. The zero-order chi connectivity index (χ0) is 8.97. The van der Waals surface area contributed by atoms with E-state index in [0.29, 0.717) is 0 Å². The lowest BCUT2D eigenvalue weighted by Crippen LogP contribution is -2.15. The minimum absolute atomic E-state index is 0.752. The number of nitrogens with zero attached hydrogens (tertiary/aromatic N) is 1. The van der Waals surface area contributed by atoms with Gasteiger partial charge < -0.3 is 9.64 Å². The summed E-state index contributed by atoms with van der Waals surface area (Å²) in [5, 5.41) is 0. The van der Waals surface area contributed by atoms with Gasteiger partial charge in [-0.1, -0.05) is 0 Å². The maximum atomic E-state index is 5.20. The zero-order valence-electron chi connectivity index (χ0n) is 8.34. The molecule has 0 aromatic carbocycles. The molecule has 0 aliphatic heterocycles. The predicted molar refractivity (Wildman–Crippen MR) is 51.0 cm³/mol. The van der Waals surface area contributed by atoms with Gasteiger partial charge in [0.1, 0.15) is 0 Å². The molecule has 0 saturated carbocycles.